The standard InChI is InChI=1S/C14H20N6O/c1-5-20(6-2)14-18-12(17-13(15-3)19-14)10-7-8-16-11(9-10)21-4/h7-9H,5-6H2,1-4H3,(H,15,17,18,19). The van der Waals surface area contributed by atoms with Crippen LogP contribution in [0.3, 0.4) is 0 Å². The summed E-state index contributed by atoms with van der Waals surface area (Å²) in [5.74, 6) is 2.32. The van der Waals surface area contributed by atoms with E-state index >= 15 is 0 Å². The van der Waals surface area contributed by atoms with Crippen molar-refractivity contribution in [3.05, 3.63) is 18.3 Å². The van der Waals surface area contributed by atoms with Gasteiger partial charge in [-0.3, -0.25) is 0 Å². The lowest BCUT2D eigenvalue weighted by Crippen LogP contribution is -2.25. The summed E-state index contributed by atoms with van der Waals surface area (Å²) in [5, 5.41) is 2.97. The maximum absolute atomic E-state index is 5.14. The van der Waals surface area contributed by atoms with E-state index in [1.165, 1.54) is 0 Å². The van der Waals surface area contributed by atoms with Gasteiger partial charge >= 0.3 is 0 Å². The van der Waals surface area contributed by atoms with Crippen LogP contribution in [0.15, 0.2) is 18.3 Å². The molecule has 0 aliphatic rings. The lowest BCUT2D eigenvalue weighted by atomic mass is 10.2. The minimum Gasteiger partial charge on any atom is -0.481 e. The van der Waals surface area contributed by atoms with Crippen LogP contribution in [0.5, 0.6) is 5.88 Å². The van der Waals surface area contributed by atoms with Gasteiger partial charge in [0.15, 0.2) is 5.82 Å². The van der Waals surface area contributed by atoms with Crippen molar-refractivity contribution in [2.75, 3.05) is 37.5 Å². The van der Waals surface area contributed by atoms with Gasteiger partial charge in [-0.1, -0.05) is 0 Å². The average molecular weight is 288 g/mol. The van der Waals surface area contributed by atoms with Crippen LogP contribution in [-0.4, -0.2) is 47.2 Å². The van der Waals surface area contributed by atoms with Gasteiger partial charge in [0.05, 0.1) is 7.11 Å². The number of ether oxygens (including phenoxy) is 1. The highest BCUT2D eigenvalue weighted by atomic mass is 16.5. The zero-order valence-electron chi connectivity index (χ0n) is 12.8. The Morgan fingerprint density at radius 1 is 1.19 bits per heavy atom. The first kappa shape index (κ1) is 15.0. The smallest absolute Gasteiger partial charge is 0.230 e. The van der Waals surface area contributed by atoms with Crippen molar-refractivity contribution in [3.8, 4) is 17.3 Å². The molecule has 0 fully saturated rings. The molecule has 0 saturated carbocycles. The van der Waals surface area contributed by atoms with Gasteiger partial charge in [0.1, 0.15) is 0 Å². The number of methoxy groups -OCH3 is 1. The molecular formula is C14H20N6O. The first-order valence-corrected chi connectivity index (χ1v) is 6.91. The summed E-state index contributed by atoms with van der Waals surface area (Å²) in [6.07, 6.45) is 1.67. The minimum atomic E-state index is 0.531. The Bertz CT molecular complexity index is 600. The highest BCUT2D eigenvalue weighted by Crippen LogP contribution is 2.21. The normalized spacial score (nSPS) is 10.3. The molecule has 0 aromatic carbocycles. The molecule has 0 saturated heterocycles. The summed E-state index contributed by atoms with van der Waals surface area (Å²) in [4.78, 5) is 19.5. The summed E-state index contributed by atoms with van der Waals surface area (Å²) >= 11 is 0. The van der Waals surface area contributed by atoms with Crippen molar-refractivity contribution in [1.82, 2.24) is 19.9 Å². The Balaban J connectivity index is 2.49. The number of nitrogens with zero attached hydrogens (tertiary/aromatic N) is 5. The number of nitrogens with one attached hydrogen (secondary N) is 1. The number of hydrogen-bond acceptors (Lipinski definition) is 7. The lowest BCUT2D eigenvalue weighted by molar-refractivity contribution is 0.398. The van der Waals surface area contributed by atoms with E-state index in [0.29, 0.717) is 23.6 Å². The molecular weight excluding hydrogens is 268 g/mol. The molecule has 2 heterocycles. The van der Waals surface area contributed by atoms with Crippen molar-refractivity contribution in [3.63, 3.8) is 0 Å². The molecule has 0 spiro atoms. The van der Waals surface area contributed by atoms with E-state index < -0.39 is 0 Å². The van der Waals surface area contributed by atoms with Crippen LogP contribution in [0.1, 0.15) is 13.8 Å². The molecule has 7 nitrogen and oxygen atoms in total. The van der Waals surface area contributed by atoms with E-state index in [4.69, 9.17) is 4.74 Å². The van der Waals surface area contributed by atoms with E-state index in [2.05, 4.69) is 44.0 Å². The maximum atomic E-state index is 5.14. The molecule has 0 amide bonds. The Hall–Kier alpha value is -2.44. The predicted octanol–water partition coefficient (Wildman–Crippen LogP) is 1.83. The van der Waals surface area contributed by atoms with Gasteiger partial charge in [0, 0.05) is 38.0 Å². The summed E-state index contributed by atoms with van der Waals surface area (Å²) in [6, 6.07) is 3.66. The molecule has 0 aliphatic heterocycles. The SMILES string of the molecule is CCN(CC)c1nc(NC)nc(-c2ccnc(OC)c2)n1. The van der Waals surface area contributed by atoms with Crippen LogP contribution in [0, 0.1) is 0 Å². The second-order valence-electron chi connectivity index (χ2n) is 4.29. The van der Waals surface area contributed by atoms with E-state index in [1.54, 1.807) is 26.4 Å². The third-order valence-electron chi connectivity index (χ3n) is 3.10. The maximum Gasteiger partial charge on any atom is 0.230 e. The fraction of sp³-hybridized carbons (Fsp3) is 0.429. The third-order valence-corrected chi connectivity index (χ3v) is 3.10. The fourth-order valence-electron chi connectivity index (χ4n) is 1.91. The number of aromatic nitrogens is 4. The largest absolute Gasteiger partial charge is 0.481 e. The van der Waals surface area contributed by atoms with Crippen molar-refractivity contribution in [1.29, 1.82) is 0 Å². The Kier molecular flexibility index (Phi) is 4.86. The summed E-state index contributed by atoms with van der Waals surface area (Å²) in [6.45, 7) is 5.81. The molecule has 1 N–H and O–H groups in total. The Morgan fingerprint density at radius 3 is 2.57 bits per heavy atom. The van der Waals surface area contributed by atoms with Crippen molar-refractivity contribution in [2.24, 2.45) is 0 Å². The molecule has 21 heavy (non-hydrogen) atoms. The van der Waals surface area contributed by atoms with Gasteiger partial charge in [0.2, 0.25) is 17.8 Å². The summed E-state index contributed by atoms with van der Waals surface area (Å²) in [7, 11) is 3.37. The fourth-order valence-corrected chi connectivity index (χ4v) is 1.91. The quantitative estimate of drug-likeness (QED) is 0.869. The number of hydrogen-bond donors (Lipinski definition) is 1. The monoisotopic (exact) mass is 288 g/mol. The van der Waals surface area contributed by atoms with Crippen molar-refractivity contribution >= 4 is 11.9 Å². The van der Waals surface area contributed by atoms with Gasteiger partial charge in [0.25, 0.3) is 0 Å². The van der Waals surface area contributed by atoms with Crippen molar-refractivity contribution < 1.29 is 4.74 Å². The predicted molar refractivity (Wildman–Crippen MR) is 82.7 cm³/mol. The van der Waals surface area contributed by atoms with Crippen molar-refractivity contribution in [2.45, 2.75) is 13.8 Å². The van der Waals surface area contributed by atoms with Crippen LogP contribution in [0.2, 0.25) is 0 Å². The summed E-state index contributed by atoms with van der Waals surface area (Å²) < 4.78 is 5.14. The highest BCUT2D eigenvalue weighted by Gasteiger charge is 2.12. The topological polar surface area (TPSA) is 76.1 Å². The summed E-state index contributed by atoms with van der Waals surface area (Å²) in [5.41, 5.74) is 0.842. The molecule has 7 heteroatoms. The molecule has 2 aromatic rings. The van der Waals surface area contributed by atoms with Crippen LogP contribution in [0.4, 0.5) is 11.9 Å². The van der Waals surface area contributed by atoms with E-state index in [-0.39, 0.29) is 0 Å². The molecule has 0 unspecified atom stereocenters. The van der Waals surface area contributed by atoms with E-state index in [1.807, 2.05) is 6.07 Å². The molecule has 0 aliphatic carbocycles. The number of rotatable bonds is 6. The van der Waals surface area contributed by atoms with Gasteiger partial charge in [-0.2, -0.15) is 15.0 Å². The first-order valence-electron chi connectivity index (χ1n) is 6.91. The van der Waals surface area contributed by atoms with Gasteiger partial charge in [-0.25, -0.2) is 4.98 Å². The number of pyridine rings is 1. The van der Waals surface area contributed by atoms with Gasteiger partial charge in [-0.05, 0) is 19.9 Å². The third kappa shape index (κ3) is 3.36. The molecule has 0 bridgehead atoms. The van der Waals surface area contributed by atoms with E-state index in [0.717, 1.165) is 18.7 Å². The zero-order valence-corrected chi connectivity index (χ0v) is 12.8. The van der Waals surface area contributed by atoms with Crippen LogP contribution in [0.25, 0.3) is 11.4 Å². The van der Waals surface area contributed by atoms with Gasteiger partial charge < -0.3 is 15.0 Å². The molecule has 0 atom stereocenters. The van der Waals surface area contributed by atoms with Crippen LogP contribution in [-0.2, 0) is 0 Å². The first-order chi connectivity index (χ1) is 10.2. The second kappa shape index (κ2) is 6.83. The highest BCUT2D eigenvalue weighted by molar-refractivity contribution is 5.59. The lowest BCUT2D eigenvalue weighted by Gasteiger charge is -2.19. The molecule has 0 radical (unpaired) electrons. The Morgan fingerprint density at radius 2 is 1.95 bits per heavy atom. The zero-order chi connectivity index (χ0) is 15.2. The van der Waals surface area contributed by atoms with Crippen LogP contribution < -0.4 is 15.0 Å². The minimum absolute atomic E-state index is 0.531. The van der Waals surface area contributed by atoms with Crippen LogP contribution >= 0.6 is 0 Å². The molecule has 2 rings (SSSR count). The average Bonchev–Trinajstić information content (AvgIpc) is 2.55. The Labute approximate surface area is 124 Å². The van der Waals surface area contributed by atoms with E-state index in [9.17, 15) is 0 Å². The second-order valence-corrected chi connectivity index (χ2v) is 4.29. The molecule has 2 aromatic heterocycles. The van der Waals surface area contributed by atoms with Gasteiger partial charge in [-0.15, -0.1) is 0 Å². The number of anilines is 2. The molecule has 112 valence electrons.